The lowest BCUT2D eigenvalue weighted by Crippen LogP contribution is -2.21. The Balaban J connectivity index is 1.40. The summed E-state index contributed by atoms with van der Waals surface area (Å²) in [5, 5.41) is 13.3. The number of anilines is 2. The Bertz CT molecular complexity index is 1360. The first kappa shape index (κ1) is 20.8. The van der Waals surface area contributed by atoms with Crippen molar-refractivity contribution >= 4 is 34.1 Å². The van der Waals surface area contributed by atoms with E-state index in [-0.39, 0.29) is 24.7 Å². The average molecular weight is 442 g/mol. The van der Waals surface area contributed by atoms with Crippen LogP contribution in [0.15, 0.2) is 61.4 Å². The molecule has 0 aliphatic heterocycles. The van der Waals surface area contributed by atoms with Crippen molar-refractivity contribution in [3.8, 4) is 0 Å². The number of hydrogen-bond acceptors (Lipinski definition) is 7. The molecule has 166 valence electrons. The summed E-state index contributed by atoms with van der Waals surface area (Å²) in [4.78, 5) is 38.4. The Kier molecular flexibility index (Phi) is 5.10. The van der Waals surface area contributed by atoms with E-state index < -0.39 is 5.54 Å². The smallest absolute Gasteiger partial charge is 0.228 e. The molecule has 0 unspecified atom stereocenters. The van der Waals surface area contributed by atoms with Gasteiger partial charge in [0.1, 0.15) is 12.0 Å². The molecule has 4 aromatic rings. The van der Waals surface area contributed by atoms with Gasteiger partial charge in [-0.05, 0) is 36.6 Å². The molecule has 0 saturated heterocycles. The van der Waals surface area contributed by atoms with Crippen molar-refractivity contribution < 1.29 is 14.7 Å². The minimum atomic E-state index is -0.415. The van der Waals surface area contributed by atoms with Gasteiger partial charge >= 0.3 is 0 Å². The van der Waals surface area contributed by atoms with Gasteiger partial charge in [0.25, 0.3) is 0 Å². The maximum atomic E-state index is 13.4. The van der Waals surface area contributed by atoms with Crippen molar-refractivity contribution in [2.75, 3.05) is 17.7 Å². The zero-order chi connectivity index (χ0) is 23.0. The van der Waals surface area contributed by atoms with E-state index in [1.165, 1.54) is 18.7 Å². The number of nitrogens with two attached hydrogens (primary N) is 1. The van der Waals surface area contributed by atoms with Gasteiger partial charge in [0.2, 0.25) is 5.91 Å². The van der Waals surface area contributed by atoms with Gasteiger partial charge in [-0.2, -0.15) is 0 Å². The molecule has 3 heterocycles. The number of aliphatic hydroxyl groups is 1. The van der Waals surface area contributed by atoms with Gasteiger partial charge in [-0.3, -0.25) is 14.6 Å². The summed E-state index contributed by atoms with van der Waals surface area (Å²) in [6.07, 6.45) is 9.54. The predicted octanol–water partition coefficient (Wildman–Crippen LogP) is 2.30. The van der Waals surface area contributed by atoms with E-state index in [1.54, 1.807) is 42.7 Å². The molecule has 1 aliphatic rings. The maximum absolute atomic E-state index is 13.4. The molecule has 0 radical (unpaired) electrons. The zero-order valence-corrected chi connectivity index (χ0v) is 17.7. The van der Waals surface area contributed by atoms with Crippen LogP contribution in [0.1, 0.15) is 34.3 Å². The number of aliphatic hydroxyl groups excluding tert-OH is 1. The van der Waals surface area contributed by atoms with Crippen LogP contribution in [-0.4, -0.2) is 42.9 Å². The number of pyridine rings is 1. The second-order valence-electron chi connectivity index (χ2n) is 8.31. The Morgan fingerprint density at radius 1 is 1.12 bits per heavy atom. The van der Waals surface area contributed by atoms with Crippen molar-refractivity contribution in [1.29, 1.82) is 0 Å². The summed E-state index contributed by atoms with van der Waals surface area (Å²) >= 11 is 0. The number of amides is 1. The molecule has 9 heteroatoms. The summed E-state index contributed by atoms with van der Waals surface area (Å²) < 4.78 is 1.88. The van der Waals surface area contributed by atoms with Gasteiger partial charge in [0.05, 0.1) is 36.0 Å². The quantitative estimate of drug-likeness (QED) is 0.295. The fourth-order valence-corrected chi connectivity index (χ4v) is 3.94. The number of ketones is 1. The lowest BCUT2D eigenvalue weighted by molar-refractivity contribution is -0.115. The minimum Gasteiger partial charge on any atom is -0.399 e. The van der Waals surface area contributed by atoms with E-state index in [0.29, 0.717) is 33.5 Å². The molecule has 3 aromatic heterocycles. The van der Waals surface area contributed by atoms with Gasteiger partial charge in [-0.1, -0.05) is 12.1 Å². The van der Waals surface area contributed by atoms with E-state index in [4.69, 9.17) is 5.73 Å². The number of benzene rings is 1. The highest BCUT2D eigenvalue weighted by Crippen LogP contribution is 2.45. The van der Waals surface area contributed by atoms with E-state index in [9.17, 15) is 14.7 Å². The monoisotopic (exact) mass is 442 g/mol. The molecule has 1 amide bonds. The molecule has 0 atom stereocenters. The lowest BCUT2D eigenvalue weighted by Gasteiger charge is -2.14. The molecule has 5 rings (SSSR count). The number of hydrogen-bond donors (Lipinski definition) is 3. The topological polar surface area (TPSA) is 136 Å². The SMILES string of the molecule is Nc1ccc(CC(=O)Nc2cncc(C(=O)c3cn(C4(CO)CC4)c4ncncc34)c2)cc1. The third-order valence-corrected chi connectivity index (χ3v) is 5.97. The molecular formula is C24H22N6O3. The number of carbonyl (C=O) groups excluding carboxylic acids is 2. The first-order chi connectivity index (χ1) is 16.0. The summed E-state index contributed by atoms with van der Waals surface area (Å²) in [5.74, 6) is -0.487. The maximum Gasteiger partial charge on any atom is 0.228 e. The number of aromatic nitrogens is 4. The molecule has 1 saturated carbocycles. The highest BCUT2D eigenvalue weighted by atomic mass is 16.3. The lowest BCUT2D eigenvalue weighted by atomic mass is 10.1. The first-order valence-corrected chi connectivity index (χ1v) is 10.6. The van der Waals surface area contributed by atoms with Gasteiger partial charge in [-0.25, -0.2) is 9.97 Å². The van der Waals surface area contributed by atoms with Crippen LogP contribution in [0.3, 0.4) is 0 Å². The highest BCUT2D eigenvalue weighted by molar-refractivity contribution is 6.16. The third-order valence-electron chi connectivity index (χ3n) is 5.97. The summed E-state index contributed by atoms with van der Waals surface area (Å²) in [6.45, 7) is -0.0223. The zero-order valence-electron chi connectivity index (χ0n) is 17.7. The Morgan fingerprint density at radius 3 is 2.64 bits per heavy atom. The van der Waals surface area contributed by atoms with Crippen molar-refractivity contribution in [2.45, 2.75) is 24.8 Å². The number of carbonyl (C=O) groups is 2. The normalized spacial score (nSPS) is 14.2. The first-order valence-electron chi connectivity index (χ1n) is 10.6. The summed E-state index contributed by atoms with van der Waals surface area (Å²) in [6, 6.07) is 8.68. The molecular weight excluding hydrogens is 420 g/mol. The van der Waals surface area contributed by atoms with Gasteiger partial charge in [0.15, 0.2) is 5.78 Å². The van der Waals surface area contributed by atoms with Crippen molar-refractivity contribution in [3.05, 3.63) is 78.1 Å². The standard InChI is InChI=1S/C24H22N6O3/c25-17-3-1-15(2-4-17)7-21(32)29-18-8-16(9-26-10-18)22(33)20-12-30(24(13-31)5-6-24)23-19(20)11-27-14-28-23/h1-4,8-12,14,31H,5-7,13,25H2,(H,29,32). The van der Waals surface area contributed by atoms with Crippen LogP contribution in [0.2, 0.25) is 0 Å². The molecule has 1 aliphatic carbocycles. The van der Waals surface area contributed by atoms with E-state index in [1.807, 2.05) is 4.57 Å². The third kappa shape index (κ3) is 3.94. The van der Waals surface area contributed by atoms with E-state index >= 15 is 0 Å². The Hall–Kier alpha value is -4.11. The number of nitrogen functional groups attached to an aromatic ring is 1. The number of nitrogens with one attached hydrogen (secondary N) is 1. The van der Waals surface area contributed by atoms with Crippen LogP contribution >= 0.6 is 0 Å². The highest BCUT2D eigenvalue weighted by Gasteiger charge is 2.45. The van der Waals surface area contributed by atoms with Crippen molar-refractivity contribution in [2.24, 2.45) is 0 Å². The van der Waals surface area contributed by atoms with Gasteiger partial charge in [-0.15, -0.1) is 0 Å². The van der Waals surface area contributed by atoms with Crippen LogP contribution in [0.4, 0.5) is 11.4 Å². The fourth-order valence-electron chi connectivity index (χ4n) is 3.94. The van der Waals surface area contributed by atoms with Crippen LogP contribution in [0.5, 0.6) is 0 Å². The Labute approximate surface area is 189 Å². The van der Waals surface area contributed by atoms with Crippen LogP contribution in [0.25, 0.3) is 11.0 Å². The van der Waals surface area contributed by atoms with E-state index in [0.717, 1.165) is 18.4 Å². The van der Waals surface area contributed by atoms with Crippen LogP contribution in [0, 0.1) is 0 Å². The number of nitrogens with zero attached hydrogens (tertiary/aromatic N) is 4. The average Bonchev–Trinajstić information content (AvgIpc) is 3.53. The molecule has 0 spiro atoms. The molecule has 0 bridgehead atoms. The predicted molar refractivity (Wildman–Crippen MR) is 123 cm³/mol. The molecule has 1 fully saturated rings. The summed E-state index contributed by atoms with van der Waals surface area (Å²) in [7, 11) is 0. The second-order valence-corrected chi connectivity index (χ2v) is 8.31. The van der Waals surface area contributed by atoms with Crippen LogP contribution in [-0.2, 0) is 16.8 Å². The molecule has 33 heavy (non-hydrogen) atoms. The van der Waals surface area contributed by atoms with E-state index in [2.05, 4.69) is 20.3 Å². The number of fused-ring (bicyclic) bond motifs is 1. The molecule has 9 nitrogen and oxygen atoms in total. The fraction of sp³-hybridized carbons (Fsp3) is 0.208. The van der Waals surface area contributed by atoms with Crippen molar-refractivity contribution in [3.63, 3.8) is 0 Å². The van der Waals surface area contributed by atoms with Gasteiger partial charge < -0.3 is 20.7 Å². The van der Waals surface area contributed by atoms with Gasteiger partial charge in [0, 0.05) is 35.2 Å². The van der Waals surface area contributed by atoms with Crippen molar-refractivity contribution in [1.82, 2.24) is 19.5 Å². The second kappa shape index (κ2) is 8.10. The molecule has 1 aromatic carbocycles. The summed E-state index contributed by atoms with van der Waals surface area (Å²) in [5.41, 5.74) is 8.52. The number of rotatable bonds is 7. The molecule has 4 N–H and O–H groups in total. The minimum absolute atomic E-state index is 0.0223. The Morgan fingerprint density at radius 2 is 1.91 bits per heavy atom. The van der Waals surface area contributed by atoms with Crippen LogP contribution < -0.4 is 11.1 Å². The largest absolute Gasteiger partial charge is 0.399 e.